The van der Waals surface area contributed by atoms with Gasteiger partial charge in [-0.25, -0.2) is 8.42 Å². The Morgan fingerprint density at radius 2 is 1.92 bits per heavy atom. The Hall–Kier alpha value is -2.54. The third-order valence-electron chi connectivity index (χ3n) is 4.31. The van der Waals surface area contributed by atoms with Gasteiger partial charge in [-0.2, -0.15) is 0 Å². The number of carbonyl (C=O) groups is 1. The molecular weight excluding hydrogens is 352 g/mol. The van der Waals surface area contributed by atoms with Gasteiger partial charge in [0, 0.05) is 0 Å². The first kappa shape index (κ1) is 18.3. The van der Waals surface area contributed by atoms with Crippen molar-refractivity contribution in [1.29, 1.82) is 0 Å². The minimum atomic E-state index is -3.59. The summed E-state index contributed by atoms with van der Waals surface area (Å²) in [4.78, 5) is 12.2. The summed E-state index contributed by atoms with van der Waals surface area (Å²) in [6.45, 7) is 5.71. The van der Waals surface area contributed by atoms with E-state index in [1.54, 1.807) is 38.1 Å². The summed E-state index contributed by atoms with van der Waals surface area (Å²) in [5, 5.41) is 2.80. The molecular formula is C19H22N2O4S. The fourth-order valence-corrected chi connectivity index (χ4v) is 3.92. The number of fused-ring (bicyclic) bond motifs is 1. The van der Waals surface area contributed by atoms with Crippen LogP contribution in [0.25, 0.3) is 0 Å². The van der Waals surface area contributed by atoms with E-state index in [1.165, 1.54) is 0 Å². The van der Waals surface area contributed by atoms with Crippen molar-refractivity contribution in [1.82, 2.24) is 0 Å². The number of carbonyl (C=O) groups excluding carboxylic acids is 1. The number of hydrogen-bond acceptors (Lipinski definition) is 4. The van der Waals surface area contributed by atoms with Crippen molar-refractivity contribution in [2.24, 2.45) is 5.41 Å². The van der Waals surface area contributed by atoms with Crippen LogP contribution in [0.4, 0.5) is 11.4 Å². The maximum atomic E-state index is 12.5. The molecule has 0 radical (unpaired) electrons. The monoisotopic (exact) mass is 374 g/mol. The van der Waals surface area contributed by atoms with Crippen molar-refractivity contribution in [3.63, 3.8) is 0 Å². The molecule has 26 heavy (non-hydrogen) atoms. The molecule has 0 spiro atoms. The van der Waals surface area contributed by atoms with Crippen molar-refractivity contribution in [3.05, 3.63) is 53.6 Å². The summed E-state index contributed by atoms with van der Waals surface area (Å²) in [5.74, 6) is 0.231. The quantitative estimate of drug-likeness (QED) is 0.860. The molecule has 0 atom stereocenters. The highest BCUT2D eigenvalue weighted by Gasteiger charge is 2.32. The molecule has 3 rings (SSSR count). The second-order valence-electron chi connectivity index (χ2n) is 7.13. The van der Waals surface area contributed by atoms with Gasteiger partial charge in [0.15, 0.2) is 0 Å². The summed E-state index contributed by atoms with van der Waals surface area (Å²) < 4.78 is 33.2. The maximum Gasteiger partial charge on any atom is 0.236 e. The van der Waals surface area contributed by atoms with E-state index in [2.05, 4.69) is 10.0 Å². The van der Waals surface area contributed by atoms with Crippen molar-refractivity contribution in [2.45, 2.75) is 26.5 Å². The van der Waals surface area contributed by atoms with Crippen LogP contribution in [0.3, 0.4) is 0 Å². The highest BCUT2D eigenvalue weighted by atomic mass is 32.2. The lowest BCUT2D eigenvalue weighted by atomic mass is 9.94. The van der Waals surface area contributed by atoms with E-state index in [9.17, 15) is 13.2 Å². The van der Waals surface area contributed by atoms with Crippen LogP contribution in [0, 0.1) is 12.3 Å². The molecule has 2 aromatic carbocycles. The van der Waals surface area contributed by atoms with Crippen LogP contribution < -0.4 is 14.8 Å². The Balaban J connectivity index is 1.81. The molecule has 1 aliphatic rings. The van der Waals surface area contributed by atoms with Crippen LogP contribution in [0.5, 0.6) is 5.75 Å². The first-order valence-electron chi connectivity index (χ1n) is 8.30. The van der Waals surface area contributed by atoms with Crippen LogP contribution in [0.1, 0.15) is 25.0 Å². The predicted molar refractivity (Wildman–Crippen MR) is 102 cm³/mol. The predicted octanol–water partition coefficient (Wildman–Crippen LogP) is 3.29. The first-order valence-corrected chi connectivity index (χ1v) is 9.95. The van der Waals surface area contributed by atoms with Crippen LogP contribution in [0.15, 0.2) is 42.5 Å². The Morgan fingerprint density at radius 1 is 1.19 bits per heavy atom. The number of hydrogen-bond donors (Lipinski definition) is 2. The molecule has 2 N–H and O–H groups in total. The van der Waals surface area contributed by atoms with Gasteiger partial charge in [-0.05, 0) is 50.1 Å². The van der Waals surface area contributed by atoms with Crippen LogP contribution in [-0.4, -0.2) is 20.9 Å². The molecule has 0 saturated carbocycles. The van der Waals surface area contributed by atoms with E-state index >= 15 is 0 Å². The van der Waals surface area contributed by atoms with Gasteiger partial charge in [-0.15, -0.1) is 0 Å². The number of nitrogens with one attached hydrogen (secondary N) is 2. The zero-order valence-electron chi connectivity index (χ0n) is 15.0. The van der Waals surface area contributed by atoms with E-state index in [1.807, 2.05) is 25.1 Å². The topological polar surface area (TPSA) is 84.5 Å². The van der Waals surface area contributed by atoms with Crippen LogP contribution >= 0.6 is 0 Å². The van der Waals surface area contributed by atoms with E-state index in [4.69, 9.17) is 4.74 Å². The molecule has 7 heteroatoms. The average molecular weight is 374 g/mol. The third kappa shape index (κ3) is 3.99. The normalized spacial score (nSPS) is 16.0. The summed E-state index contributed by atoms with van der Waals surface area (Å²) in [5.41, 5.74) is 1.83. The number of rotatable bonds is 4. The smallest absolute Gasteiger partial charge is 0.236 e. The molecule has 0 aliphatic carbocycles. The van der Waals surface area contributed by atoms with Gasteiger partial charge in [-0.3, -0.25) is 9.52 Å². The molecule has 1 heterocycles. The SMILES string of the molecule is Cc1ccccc1CS(=O)(=O)Nc1ccc2c(c1)NC(=O)C(C)(C)CO2. The molecule has 0 fully saturated rings. The van der Waals surface area contributed by atoms with Gasteiger partial charge in [-0.1, -0.05) is 24.3 Å². The Kier molecular flexibility index (Phi) is 4.66. The van der Waals surface area contributed by atoms with Crippen LogP contribution in [-0.2, 0) is 20.6 Å². The number of sulfonamides is 1. The Bertz CT molecular complexity index is 952. The van der Waals surface area contributed by atoms with Gasteiger partial charge in [0.05, 0.1) is 22.5 Å². The van der Waals surface area contributed by atoms with Gasteiger partial charge in [0.2, 0.25) is 15.9 Å². The molecule has 0 saturated heterocycles. The summed E-state index contributed by atoms with van der Waals surface area (Å²) in [7, 11) is -3.59. The highest BCUT2D eigenvalue weighted by molar-refractivity contribution is 7.91. The second kappa shape index (κ2) is 6.64. The minimum Gasteiger partial charge on any atom is -0.490 e. The molecule has 1 amide bonds. The minimum absolute atomic E-state index is 0.118. The number of aryl methyl sites for hydroxylation is 1. The Morgan fingerprint density at radius 3 is 2.65 bits per heavy atom. The van der Waals surface area contributed by atoms with Crippen molar-refractivity contribution >= 4 is 27.3 Å². The zero-order chi connectivity index (χ0) is 18.9. The highest BCUT2D eigenvalue weighted by Crippen LogP contribution is 2.34. The standard InChI is InChI=1S/C19H22N2O4S/c1-13-6-4-5-7-14(13)11-26(23,24)21-15-8-9-17-16(10-15)20-18(22)19(2,3)12-25-17/h4-10,21H,11-12H2,1-3H3,(H,20,22). The fraction of sp³-hybridized carbons (Fsp3) is 0.316. The molecule has 2 aromatic rings. The fourth-order valence-electron chi connectivity index (χ4n) is 2.62. The molecule has 0 aromatic heterocycles. The summed E-state index contributed by atoms with van der Waals surface area (Å²) >= 11 is 0. The molecule has 0 unspecified atom stereocenters. The lowest BCUT2D eigenvalue weighted by Crippen LogP contribution is -2.33. The number of ether oxygens (including phenoxy) is 1. The van der Waals surface area contributed by atoms with E-state index < -0.39 is 15.4 Å². The average Bonchev–Trinajstić information content (AvgIpc) is 2.66. The van der Waals surface area contributed by atoms with E-state index in [-0.39, 0.29) is 18.3 Å². The van der Waals surface area contributed by atoms with Gasteiger partial charge >= 0.3 is 0 Å². The summed E-state index contributed by atoms with van der Waals surface area (Å²) in [6.07, 6.45) is 0. The maximum absolute atomic E-state index is 12.5. The number of anilines is 2. The Labute approximate surface area is 153 Å². The van der Waals surface area contributed by atoms with Crippen molar-refractivity contribution in [3.8, 4) is 5.75 Å². The van der Waals surface area contributed by atoms with Gasteiger partial charge in [0.1, 0.15) is 12.4 Å². The third-order valence-corrected chi connectivity index (χ3v) is 5.55. The number of amides is 1. The van der Waals surface area contributed by atoms with E-state index in [0.29, 0.717) is 17.1 Å². The molecule has 138 valence electrons. The number of benzene rings is 2. The van der Waals surface area contributed by atoms with Crippen molar-refractivity contribution in [2.75, 3.05) is 16.6 Å². The van der Waals surface area contributed by atoms with Crippen LogP contribution in [0.2, 0.25) is 0 Å². The van der Waals surface area contributed by atoms with Gasteiger partial charge < -0.3 is 10.1 Å². The molecule has 0 bridgehead atoms. The lowest BCUT2D eigenvalue weighted by molar-refractivity contribution is -0.124. The largest absolute Gasteiger partial charge is 0.490 e. The van der Waals surface area contributed by atoms with Crippen molar-refractivity contribution < 1.29 is 17.9 Å². The lowest BCUT2D eigenvalue weighted by Gasteiger charge is -2.18. The molecule has 1 aliphatic heterocycles. The second-order valence-corrected chi connectivity index (χ2v) is 8.85. The zero-order valence-corrected chi connectivity index (χ0v) is 15.8. The van der Waals surface area contributed by atoms with E-state index in [0.717, 1.165) is 11.1 Å². The first-order chi connectivity index (χ1) is 12.2. The molecule has 6 nitrogen and oxygen atoms in total. The van der Waals surface area contributed by atoms with Gasteiger partial charge in [0.25, 0.3) is 0 Å². The summed E-state index contributed by atoms with van der Waals surface area (Å²) in [6, 6.07) is 12.2.